The topological polar surface area (TPSA) is 40.5 Å². The molecule has 0 saturated heterocycles. The normalized spacial score (nSPS) is 10.7. The molecule has 3 nitrogen and oxygen atoms in total. The number of fused-ring (bicyclic) bond motifs is 1. The zero-order valence-electron chi connectivity index (χ0n) is 11.2. The molecule has 106 valence electrons. The Labute approximate surface area is 127 Å². The minimum atomic E-state index is -0.877. The summed E-state index contributed by atoms with van der Waals surface area (Å²) < 4.78 is 0. The second-order valence-corrected chi connectivity index (χ2v) is 6.16. The number of hydrogen-bond acceptors (Lipinski definition) is 2. The average molecular weight is 310 g/mol. The van der Waals surface area contributed by atoms with Gasteiger partial charge in [-0.3, -0.25) is 0 Å². The number of halogens is 1. The molecule has 0 saturated carbocycles. The zero-order chi connectivity index (χ0) is 14.5. The summed E-state index contributed by atoms with van der Waals surface area (Å²) >= 11 is 7.70. The number of hydrogen-bond donors (Lipinski definition) is 1. The summed E-state index contributed by atoms with van der Waals surface area (Å²) in [6, 6.07) is 12.1. The van der Waals surface area contributed by atoms with E-state index < -0.39 is 6.09 Å². The minimum absolute atomic E-state index is 0.561. The largest absolute Gasteiger partial charge is 0.465 e. The molecule has 0 aliphatic heterocycles. The Morgan fingerprint density at radius 2 is 1.95 bits per heavy atom. The monoisotopic (exact) mass is 309 g/mol. The van der Waals surface area contributed by atoms with Crippen LogP contribution in [0.5, 0.6) is 0 Å². The summed E-state index contributed by atoms with van der Waals surface area (Å²) in [5.74, 6) is 0.900. The van der Waals surface area contributed by atoms with E-state index in [1.807, 2.05) is 18.2 Å². The van der Waals surface area contributed by atoms with Crippen LogP contribution in [0.2, 0.25) is 5.02 Å². The van der Waals surface area contributed by atoms with Crippen LogP contribution in [0.15, 0.2) is 41.3 Å². The predicted molar refractivity (Wildman–Crippen MR) is 85.0 cm³/mol. The van der Waals surface area contributed by atoms with Crippen molar-refractivity contribution in [3.05, 3.63) is 41.4 Å². The Morgan fingerprint density at radius 1 is 1.25 bits per heavy atom. The fourth-order valence-electron chi connectivity index (χ4n) is 1.87. The molecule has 2 aromatic rings. The third-order valence-corrected chi connectivity index (χ3v) is 4.32. The van der Waals surface area contributed by atoms with Gasteiger partial charge in [-0.2, -0.15) is 0 Å². The Kier molecular flexibility index (Phi) is 5.15. The van der Waals surface area contributed by atoms with E-state index in [9.17, 15) is 4.79 Å². The van der Waals surface area contributed by atoms with Crippen LogP contribution < -0.4 is 0 Å². The molecule has 1 N–H and O–H groups in total. The quantitative estimate of drug-likeness (QED) is 0.649. The molecule has 1 amide bonds. The van der Waals surface area contributed by atoms with Gasteiger partial charge < -0.3 is 10.0 Å². The molecule has 0 aromatic heterocycles. The van der Waals surface area contributed by atoms with E-state index in [4.69, 9.17) is 16.7 Å². The number of rotatable bonds is 5. The third kappa shape index (κ3) is 4.05. The summed E-state index contributed by atoms with van der Waals surface area (Å²) in [7, 11) is 1.59. The van der Waals surface area contributed by atoms with Gasteiger partial charge in [0.2, 0.25) is 0 Å². The lowest BCUT2D eigenvalue weighted by Crippen LogP contribution is -2.25. The SMILES string of the molecule is CN(CCCSc1ccc2cc(Cl)ccc2c1)C(=O)O. The molecule has 2 rings (SSSR count). The van der Waals surface area contributed by atoms with Gasteiger partial charge in [0, 0.05) is 23.5 Å². The third-order valence-electron chi connectivity index (χ3n) is 3.01. The molecule has 0 bridgehead atoms. The van der Waals surface area contributed by atoms with E-state index in [0.29, 0.717) is 6.54 Å². The highest BCUT2D eigenvalue weighted by Gasteiger charge is 2.04. The van der Waals surface area contributed by atoms with Crippen molar-refractivity contribution in [2.75, 3.05) is 19.3 Å². The van der Waals surface area contributed by atoms with Crippen LogP contribution in [-0.4, -0.2) is 35.4 Å². The van der Waals surface area contributed by atoms with Gasteiger partial charge in [-0.25, -0.2) is 4.79 Å². The fraction of sp³-hybridized carbons (Fsp3) is 0.267. The molecule has 0 unspecified atom stereocenters. The smallest absolute Gasteiger partial charge is 0.407 e. The maximum atomic E-state index is 10.6. The highest BCUT2D eigenvalue weighted by atomic mass is 35.5. The van der Waals surface area contributed by atoms with Gasteiger partial charge in [-0.05, 0) is 47.2 Å². The van der Waals surface area contributed by atoms with Crippen molar-refractivity contribution in [1.82, 2.24) is 4.90 Å². The molecule has 0 aliphatic carbocycles. The molecule has 0 atom stereocenters. The lowest BCUT2D eigenvalue weighted by molar-refractivity contribution is 0.156. The first-order valence-electron chi connectivity index (χ1n) is 6.32. The maximum Gasteiger partial charge on any atom is 0.407 e. The summed E-state index contributed by atoms with van der Waals surface area (Å²) in [5.41, 5.74) is 0. The summed E-state index contributed by atoms with van der Waals surface area (Å²) in [6.07, 6.45) is -0.0378. The molecule has 20 heavy (non-hydrogen) atoms. The molecule has 2 aromatic carbocycles. The Balaban J connectivity index is 1.90. The van der Waals surface area contributed by atoms with Crippen LogP contribution in [0.1, 0.15) is 6.42 Å². The molecule has 0 radical (unpaired) electrons. The van der Waals surface area contributed by atoms with Crippen LogP contribution in [0.3, 0.4) is 0 Å². The van der Waals surface area contributed by atoms with Gasteiger partial charge in [0.15, 0.2) is 0 Å². The first kappa shape index (κ1) is 15.0. The first-order valence-corrected chi connectivity index (χ1v) is 7.69. The van der Waals surface area contributed by atoms with Crippen LogP contribution in [0.4, 0.5) is 4.79 Å². The second-order valence-electron chi connectivity index (χ2n) is 4.56. The van der Waals surface area contributed by atoms with Crippen molar-refractivity contribution in [2.24, 2.45) is 0 Å². The highest BCUT2D eigenvalue weighted by molar-refractivity contribution is 7.99. The molecule has 0 fully saturated rings. The van der Waals surface area contributed by atoms with Gasteiger partial charge in [0.05, 0.1) is 0 Å². The minimum Gasteiger partial charge on any atom is -0.465 e. The Bertz CT molecular complexity index is 618. The standard InChI is InChI=1S/C15H16ClNO2S/c1-17(15(18)19)7-2-8-20-14-6-4-11-9-13(16)5-3-12(11)10-14/h3-6,9-10H,2,7-8H2,1H3,(H,18,19). The van der Waals surface area contributed by atoms with Crippen LogP contribution in [0, 0.1) is 0 Å². The van der Waals surface area contributed by atoms with Crippen molar-refractivity contribution in [2.45, 2.75) is 11.3 Å². The van der Waals surface area contributed by atoms with Crippen LogP contribution >= 0.6 is 23.4 Å². The van der Waals surface area contributed by atoms with Gasteiger partial charge in [0.1, 0.15) is 0 Å². The molecular weight excluding hydrogens is 294 g/mol. The summed E-state index contributed by atoms with van der Waals surface area (Å²) in [5, 5.41) is 11.8. The van der Waals surface area contributed by atoms with Crippen molar-refractivity contribution in [3.8, 4) is 0 Å². The van der Waals surface area contributed by atoms with Crippen molar-refractivity contribution in [3.63, 3.8) is 0 Å². The number of carboxylic acid groups (broad SMARTS) is 1. The molecule has 0 spiro atoms. The van der Waals surface area contributed by atoms with Crippen molar-refractivity contribution >= 4 is 40.2 Å². The van der Waals surface area contributed by atoms with E-state index in [1.165, 1.54) is 15.2 Å². The van der Waals surface area contributed by atoms with Crippen molar-refractivity contribution < 1.29 is 9.90 Å². The summed E-state index contributed by atoms with van der Waals surface area (Å²) in [6.45, 7) is 0.561. The fourth-order valence-corrected chi connectivity index (χ4v) is 2.94. The van der Waals surface area contributed by atoms with Crippen LogP contribution in [-0.2, 0) is 0 Å². The molecule has 0 heterocycles. The van der Waals surface area contributed by atoms with E-state index in [-0.39, 0.29) is 0 Å². The number of nitrogens with zero attached hydrogens (tertiary/aromatic N) is 1. The van der Waals surface area contributed by atoms with E-state index in [1.54, 1.807) is 18.8 Å². The van der Waals surface area contributed by atoms with Gasteiger partial charge in [-0.15, -0.1) is 11.8 Å². The molecule has 5 heteroatoms. The Hall–Kier alpha value is -1.39. The molecular formula is C15H16ClNO2S. The number of benzene rings is 2. The first-order chi connectivity index (χ1) is 9.56. The van der Waals surface area contributed by atoms with E-state index in [0.717, 1.165) is 22.6 Å². The highest BCUT2D eigenvalue weighted by Crippen LogP contribution is 2.26. The van der Waals surface area contributed by atoms with Crippen molar-refractivity contribution in [1.29, 1.82) is 0 Å². The second kappa shape index (κ2) is 6.86. The van der Waals surface area contributed by atoms with Crippen LogP contribution in [0.25, 0.3) is 10.8 Å². The van der Waals surface area contributed by atoms with Gasteiger partial charge in [-0.1, -0.05) is 23.7 Å². The average Bonchev–Trinajstić information content (AvgIpc) is 2.43. The number of thioether (sulfide) groups is 1. The maximum absolute atomic E-state index is 10.6. The lowest BCUT2D eigenvalue weighted by atomic mass is 10.1. The molecule has 0 aliphatic rings. The lowest BCUT2D eigenvalue weighted by Gasteiger charge is -2.12. The van der Waals surface area contributed by atoms with E-state index >= 15 is 0 Å². The van der Waals surface area contributed by atoms with E-state index in [2.05, 4.69) is 18.2 Å². The number of carbonyl (C=O) groups is 1. The predicted octanol–water partition coefficient (Wildman–Crippen LogP) is 4.59. The number of amides is 1. The zero-order valence-corrected chi connectivity index (χ0v) is 12.7. The summed E-state index contributed by atoms with van der Waals surface area (Å²) in [4.78, 5) is 13.1. The van der Waals surface area contributed by atoms with Gasteiger partial charge in [0.25, 0.3) is 0 Å². The van der Waals surface area contributed by atoms with Gasteiger partial charge >= 0.3 is 6.09 Å². The Morgan fingerprint density at radius 3 is 2.70 bits per heavy atom.